The van der Waals surface area contributed by atoms with Crippen molar-refractivity contribution in [1.82, 2.24) is 19.7 Å². The van der Waals surface area contributed by atoms with E-state index in [1.807, 2.05) is 0 Å². The first-order chi connectivity index (χ1) is 19.6. The molecule has 42 heavy (non-hydrogen) atoms. The predicted octanol–water partition coefficient (Wildman–Crippen LogP) is 1.43. The van der Waals surface area contributed by atoms with Crippen LogP contribution in [-0.4, -0.2) is 56.3 Å². The van der Waals surface area contributed by atoms with Crippen LogP contribution in [0.4, 0.5) is 40.8 Å². The number of halogens is 8. The molecule has 0 radical (unpaired) electrons. The second-order valence-electron chi connectivity index (χ2n) is 8.85. The van der Waals surface area contributed by atoms with E-state index >= 15 is 0 Å². The fourth-order valence-corrected chi connectivity index (χ4v) is 4.14. The number of Topliss-reactive ketones (excluding diaryl/α,β-unsaturated/α-hetero) is 1. The van der Waals surface area contributed by atoms with E-state index in [0.717, 1.165) is 22.9 Å². The molecule has 2 aromatic carbocycles. The number of carboxylic acids is 1. The van der Waals surface area contributed by atoms with Crippen LogP contribution in [0.3, 0.4) is 0 Å². The largest absolute Gasteiger partial charge is 0.542 e. The maximum absolute atomic E-state index is 14.6. The minimum Gasteiger partial charge on any atom is -0.542 e. The lowest BCUT2D eigenvalue weighted by Crippen LogP contribution is -3.02. The van der Waals surface area contributed by atoms with Gasteiger partial charge >= 0.3 is 12.4 Å². The van der Waals surface area contributed by atoms with Crippen LogP contribution in [-0.2, 0) is 30.6 Å². The summed E-state index contributed by atoms with van der Waals surface area (Å²) in [6.45, 7) is -0.391. The number of aromatic nitrogens is 3. The SMILES string of the molecule is O=C([O-])C(F)(F)F.O=C1C=N[NH+](Cc2ccc(F)c(C(=O)N3CCn4c(nnc4C(F)(F)F)C3)c2)c2ccc(F)cc21. The number of rotatable bonds is 3. The first kappa shape index (κ1) is 30.2. The lowest BCUT2D eigenvalue weighted by atomic mass is 10.1. The monoisotopic (exact) mass is 604 g/mol. The Kier molecular flexibility index (Phi) is 8.11. The van der Waals surface area contributed by atoms with E-state index < -0.39 is 47.5 Å². The van der Waals surface area contributed by atoms with Gasteiger partial charge in [0.25, 0.3) is 5.91 Å². The standard InChI is InChI=1S/C22H15F5N6O2.C2HF3O2/c23-13-2-4-17-15(8-13)18(34)9-28-33(17)10-12-1-3-16(24)14(7-12)20(35)31-5-6-32-19(11-31)29-30-21(32)22(25,26)27;3-2(4,5)1(6)7/h1-4,7-9H,5-6,10-11H2;(H,6,7). The quantitative estimate of drug-likeness (QED) is 0.452. The zero-order valence-corrected chi connectivity index (χ0v) is 20.8. The molecule has 222 valence electrons. The third-order valence-corrected chi connectivity index (χ3v) is 6.05. The van der Waals surface area contributed by atoms with E-state index in [9.17, 15) is 44.7 Å². The first-order valence-electron chi connectivity index (χ1n) is 11.7. The van der Waals surface area contributed by atoms with Crippen molar-refractivity contribution in [3.63, 3.8) is 0 Å². The van der Waals surface area contributed by atoms with E-state index in [2.05, 4.69) is 15.3 Å². The van der Waals surface area contributed by atoms with Crippen LogP contribution in [0.25, 0.3) is 0 Å². The lowest BCUT2D eigenvalue weighted by Gasteiger charge is -2.28. The number of aliphatic carboxylic acids is 1. The van der Waals surface area contributed by atoms with Crippen molar-refractivity contribution >= 4 is 29.6 Å². The number of quaternary nitrogens is 1. The summed E-state index contributed by atoms with van der Waals surface area (Å²) >= 11 is 0. The van der Waals surface area contributed by atoms with Crippen molar-refractivity contribution < 1.29 is 59.6 Å². The number of carboxylic acid groups (broad SMARTS) is 1. The zero-order chi connectivity index (χ0) is 31.0. The lowest BCUT2D eigenvalue weighted by molar-refractivity contribution is -0.854. The Morgan fingerprint density at radius 3 is 2.31 bits per heavy atom. The van der Waals surface area contributed by atoms with Crippen molar-refractivity contribution in [1.29, 1.82) is 0 Å². The van der Waals surface area contributed by atoms with Gasteiger partial charge in [0.1, 0.15) is 30.4 Å². The number of carbonyl (C=O) groups is 3. The minimum absolute atomic E-state index is 0.0471. The highest BCUT2D eigenvalue weighted by Gasteiger charge is 2.40. The van der Waals surface area contributed by atoms with Gasteiger partial charge in [0.05, 0.1) is 17.7 Å². The molecule has 3 aromatic rings. The Balaban J connectivity index is 0.000000517. The van der Waals surface area contributed by atoms with E-state index in [1.54, 1.807) is 0 Å². The molecule has 1 aromatic heterocycles. The molecule has 1 unspecified atom stereocenters. The molecular formula is C24H16F8N6O4. The van der Waals surface area contributed by atoms with Crippen LogP contribution in [0.2, 0.25) is 0 Å². The fourth-order valence-electron chi connectivity index (χ4n) is 4.14. The third kappa shape index (κ3) is 6.42. The molecule has 1 N–H and O–H groups in total. The number of hydrogen-bond acceptors (Lipinski definition) is 7. The van der Waals surface area contributed by atoms with Gasteiger partial charge in [-0.3, -0.25) is 9.59 Å². The second-order valence-corrected chi connectivity index (χ2v) is 8.85. The summed E-state index contributed by atoms with van der Waals surface area (Å²) in [5, 5.41) is 20.1. The minimum atomic E-state index is -5.19. The van der Waals surface area contributed by atoms with Gasteiger partial charge in [-0.25, -0.2) is 8.78 Å². The normalized spacial score (nSPS) is 16.3. The Morgan fingerprint density at radius 1 is 0.976 bits per heavy atom. The first-order valence-corrected chi connectivity index (χ1v) is 11.7. The summed E-state index contributed by atoms with van der Waals surface area (Å²) in [4.78, 5) is 35.1. The Bertz CT molecular complexity index is 1580. The van der Waals surface area contributed by atoms with E-state index in [1.165, 1.54) is 29.2 Å². The highest BCUT2D eigenvalue weighted by molar-refractivity contribution is 6.36. The van der Waals surface area contributed by atoms with Gasteiger partial charge in [-0.05, 0) is 24.3 Å². The number of amides is 1. The summed E-state index contributed by atoms with van der Waals surface area (Å²) in [6.07, 6.45) is -8.79. The molecule has 0 saturated heterocycles. The fraction of sp³-hybridized carbons (Fsp3) is 0.250. The van der Waals surface area contributed by atoms with E-state index in [0.29, 0.717) is 16.3 Å². The van der Waals surface area contributed by atoms with Crippen LogP contribution in [0.15, 0.2) is 41.5 Å². The Hall–Kier alpha value is -4.74. The molecule has 5 rings (SSSR count). The van der Waals surface area contributed by atoms with Crippen LogP contribution >= 0.6 is 0 Å². The summed E-state index contributed by atoms with van der Waals surface area (Å²) < 4.78 is 99.8. The summed E-state index contributed by atoms with van der Waals surface area (Å²) in [6, 6.07) is 7.65. The Morgan fingerprint density at radius 2 is 1.67 bits per heavy atom. The molecule has 1 atom stereocenters. The number of nitrogens with zero attached hydrogens (tertiary/aromatic N) is 5. The predicted molar refractivity (Wildman–Crippen MR) is 121 cm³/mol. The molecular weight excluding hydrogens is 588 g/mol. The van der Waals surface area contributed by atoms with Crippen molar-refractivity contribution in [2.45, 2.75) is 32.0 Å². The average Bonchev–Trinajstić information content (AvgIpc) is 3.35. The van der Waals surface area contributed by atoms with Gasteiger partial charge in [-0.1, -0.05) is 11.2 Å². The van der Waals surface area contributed by atoms with Crippen LogP contribution < -0.4 is 10.1 Å². The van der Waals surface area contributed by atoms with Gasteiger partial charge in [0.15, 0.2) is 11.5 Å². The average molecular weight is 604 g/mol. The van der Waals surface area contributed by atoms with E-state index in [-0.39, 0.29) is 43.1 Å². The summed E-state index contributed by atoms with van der Waals surface area (Å²) in [5.74, 6) is -6.71. The summed E-state index contributed by atoms with van der Waals surface area (Å²) in [7, 11) is 0. The molecule has 3 heterocycles. The number of fused-ring (bicyclic) bond motifs is 2. The molecule has 18 heteroatoms. The van der Waals surface area contributed by atoms with Gasteiger partial charge < -0.3 is 19.4 Å². The number of benzene rings is 2. The molecule has 0 saturated carbocycles. The van der Waals surface area contributed by atoms with Gasteiger partial charge in [-0.15, -0.1) is 10.2 Å². The number of nitrogens with one attached hydrogen (secondary N) is 1. The van der Waals surface area contributed by atoms with Gasteiger partial charge in [0.2, 0.25) is 11.6 Å². The maximum Gasteiger partial charge on any atom is 0.451 e. The third-order valence-electron chi connectivity index (χ3n) is 6.05. The molecule has 2 aliphatic heterocycles. The van der Waals surface area contributed by atoms with Crippen molar-refractivity contribution in [2.75, 3.05) is 6.54 Å². The Labute approximate surface area is 229 Å². The molecule has 0 bridgehead atoms. The van der Waals surface area contributed by atoms with Crippen LogP contribution in [0.1, 0.15) is 37.9 Å². The zero-order valence-electron chi connectivity index (χ0n) is 20.8. The van der Waals surface area contributed by atoms with Gasteiger partial charge in [0, 0.05) is 24.7 Å². The topological polar surface area (TPSA) is 125 Å². The maximum atomic E-state index is 14.6. The van der Waals surface area contributed by atoms with Crippen molar-refractivity contribution in [3.05, 3.63) is 76.4 Å². The van der Waals surface area contributed by atoms with E-state index in [4.69, 9.17) is 9.90 Å². The molecule has 0 fully saturated rings. The molecule has 0 spiro atoms. The highest BCUT2D eigenvalue weighted by atomic mass is 19.4. The molecule has 1 amide bonds. The van der Waals surface area contributed by atoms with Crippen LogP contribution in [0.5, 0.6) is 0 Å². The number of carbonyl (C=O) groups excluding carboxylic acids is 3. The molecule has 2 aliphatic rings. The molecule has 10 nitrogen and oxygen atoms in total. The summed E-state index contributed by atoms with van der Waals surface area (Å²) in [5.41, 5.74) is 0.837. The van der Waals surface area contributed by atoms with Crippen molar-refractivity contribution in [2.24, 2.45) is 5.10 Å². The number of hydrogen-bond donors (Lipinski definition) is 1. The smallest absolute Gasteiger partial charge is 0.451 e. The highest BCUT2D eigenvalue weighted by Crippen LogP contribution is 2.30. The van der Waals surface area contributed by atoms with Crippen molar-refractivity contribution in [3.8, 4) is 0 Å². The number of ketones is 1. The van der Waals surface area contributed by atoms with Crippen LogP contribution in [0, 0.1) is 11.6 Å². The number of alkyl halides is 6. The molecule has 0 aliphatic carbocycles. The van der Waals surface area contributed by atoms with Gasteiger partial charge in [-0.2, -0.15) is 31.4 Å². The second kappa shape index (κ2) is 11.3.